The van der Waals surface area contributed by atoms with Crippen LogP contribution < -0.4 is 5.43 Å². The molecule has 4 rings (SSSR count). The van der Waals surface area contributed by atoms with E-state index in [0.29, 0.717) is 11.6 Å². The van der Waals surface area contributed by atoms with Crippen LogP contribution >= 0.6 is 0 Å². The quantitative estimate of drug-likeness (QED) is 0.147. The number of hydrogen-bond acceptors (Lipinski definition) is 4. The Morgan fingerprint density at radius 3 is 2.15 bits per heavy atom. The van der Waals surface area contributed by atoms with Crippen molar-refractivity contribution >= 4 is 39.4 Å². The van der Waals surface area contributed by atoms with E-state index in [1.165, 1.54) is 0 Å². The summed E-state index contributed by atoms with van der Waals surface area (Å²) in [5.41, 5.74) is 6.67. The number of fused-ring (bicyclic) bond motifs is 2. The van der Waals surface area contributed by atoms with Crippen molar-refractivity contribution in [1.82, 2.24) is 9.97 Å². The van der Waals surface area contributed by atoms with E-state index in [9.17, 15) is 4.91 Å². The van der Waals surface area contributed by atoms with Crippen molar-refractivity contribution in [3.63, 3.8) is 0 Å². The number of H-pyrrole nitrogens is 2. The molecule has 3 N–H and O–H groups in total. The van der Waals surface area contributed by atoms with E-state index in [0.717, 1.165) is 32.9 Å². The van der Waals surface area contributed by atoms with Gasteiger partial charge in [-0.1, -0.05) is 36.4 Å². The minimum Gasteiger partial charge on any atom is -0.340 e. The zero-order chi connectivity index (χ0) is 18.8. The number of nitrogens with one attached hydrogen (secondary N) is 3. The third kappa shape index (κ3) is 3.08. The minimum atomic E-state index is -0.300. The molecule has 0 fully saturated rings. The molecular formula is C19H17N7O. The fourth-order valence-electron chi connectivity index (χ4n) is 3.02. The zero-order valence-corrected chi connectivity index (χ0v) is 14.8. The van der Waals surface area contributed by atoms with Crippen molar-refractivity contribution in [3.05, 3.63) is 64.6 Å². The van der Waals surface area contributed by atoms with Crippen LogP contribution in [0.3, 0.4) is 0 Å². The largest absolute Gasteiger partial charge is 0.340 e. The minimum absolute atomic E-state index is 0.300. The maximum Gasteiger partial charge on any atom is 0.326 e. The molecule has 0 bridgehead atoms. The first kappa shape index (κ1) is 16.6. The smallest absolute Gasteiger partial charge is 0.326 e. The number of benzene rings is 2. The lowest BCUT2D eigenvalue weighted by molar-refractivity contribution is 1.15. The van der Waals surface area contributed by atoms with Gasteiger partial charge in [-0.15, -0.1) is 20.2 Å². The van der Waals surface area contributed by atoms with Gasteiger partial charge in [-0.2, -0.15) is 0 Å². The summed E-state index contributed by atoms with van der Waals surface area (Å²) < 4.78 is 0. The normalized spacial score (nSPS) is 12.3. The van der Waals surface area contributed by atoms with Gasteiger partial charge in [-0.3, -0.25) is 5.43 Å². The number of aromatic amines is 2. The van der Waals surface area contributed by atoms with Gasteiger partial charge in [-0.25, -0.2) is 0 Å². The zero-order valence-electron chi connectivity index (χ0n) is 14.8. The monoisotopic (exact) mass is 359 g/mol. The molecule has 0 aliphatic carbocycles. The third-order valence-electron chi connectivity index (χ3n) is 4.49. The lowest BCUT2D eigenvalue weighted by Crippen LogP contribution is -1.96. The molecule has 0 aliphatic rings. The van der Waals surface area contributed by atoms with Crippen molar-refractivity contribution in [2.45, 2.75) is 13.8 Å². The molecule has 8 heteroatoms. The van der Waals surface area contributed by atoms with Crippen LogP contribution in [-0.2, 0) is 0 Å². The Kier molecular flexibility index (Phi) is 4.21. The number of anilines is 1. The predicted molar refractivity (Wildman–Crippen MR) is 107 cm³/mol. The first-order chi connectivity index (χ1) is 13.2. The van der Waals surface area contributed by atoms with Crippen LogP contribution in [0.5, 0.6) is 0 Å². The van der Waals surface area contributed by atoms with Gasteiger partial charge in [0.2, 0.25) is 0 Å². The highest BCUT2D eigenvalue weighted by Gasteiger charge is 2.08. The highest BCUT2D eigenvalue weighted by atomic mass is 16.3. The standard InChI is InChI=1S/C19H17N7O/c1-11-13-7-3-5-9-15(13)20-17(11)22-24-19(26-27)25-23-18-12(2)14-8-4-6-10-16(14)21-18/h3-10,20-22H,1-2H3/b24-19-,25-23?. The molecule has 0 unspecified atom stereocenters. The van der Waals surface area contributed by atoms with Gasteiger partial charge in [0.1, 0.15) is 5.82 Å². The second-order valence-corrected chi connectivity index (χ2v) is 6.13. The molecule has 0 atom stereocenters. The number of nitrogens with zero attached hydrogens (tertiary/aromatic N) is 4. The topological polar surface area (TPSA) is 110 Å². The van der Waals surface area contributed by atoms with Crippen molar-refractivity contribution in [3.8, 4) is 0 Å². The Labute approximate surface area is 154 Å². The number of guanidine groups is 1. The van der Waals surface area contributed by atoms with Crippen molar-refractivity contribution < 1.29 is 0 Å². The molecule has 0 spiro atoms. The number of azo groups is 1. The molecule has 27 heavy (non-hydrogen) atoms. The van der Waals surface area contributed by atoms with E-state index in [1.807, 2.05) is 62.4 Å². The Morgan fingerprint density at radius 1 is 0.889 bits per heavy atom. The van der Waals surface area contributed by atoms with Crippen LogP contribution in [0.4, 0.5) is 11.6 Å². The highest BCUT2D eigenvalue weighted by Crippen LogP contribution is 2.27. The highest BCUT2D eigenvalue weighted by molar-refractivity contribution is 5.90. The van der Waals surface area contributed by atoms with Gasteiger partial charge in [0.05, 0.1) is 0 Å². The summed E-state index contributed by atoms with van der Waals surface area (Å²) in [5, 5.41) is 16.9. The van der Waals surface area contributed by atoms with Crippen LogP contribution in [-0.4, -0.2) is 15.9 Å². The second-order valence-electron chi connectivity index (χ2n) is 6.13. The lowest BCUT2D eigenvalue weighted by atomic mass is 10.2. The Bertz CT molecular complexity index is 1200. The molecule has 4 aromatic rings. The molecule has 134 valence electrons. The average molecular weight is 359 g/mol. The Balaban J connectivity index is 1.59. The van der Waals surface area contributed by atoms with E-state index in [1.54, 1.807) is 0 Å². The molecule has 0 radical (unpaired) electrons. The summed E-state index contributed by atoms with van der Waals surface area (Å²) in [4.78, 5) is 17.4. The molecule has 8 nitrogen and oxygen atoms in total. The summed E-state index contributed by atoms with van der Waals surface area (Å²) in [6.45, 7) is 3.89. The van der Waals surface area contributed by atoms with Crippen molar-refractivity contribution in [2.75, 3.05) is 5.43 Å². The van der Waals surface area contributed by atoms with Crippen molar-refractivity contribution in [1.29, 1.82) is 0 Å². The fourth-order valence-corrected chi connectivity index (χ4v) is 3.02. The molecule has 0 saturated heterocycles. The maximum atomic E-state index is 11.1. The number of para-hydroxylation sites is 2. The summed E-state index contributed by atoms with van der Waals surface area (Å²) in [7, 11) is 0. The SMILES string of the molecule is Cc1c(N=N/C(N=O)=N/Nc2[nH]c3ccccc3c2C)[nH]c2ccccc12. The summed E-state index contributed by atoms with van der Waals surface area (Å²) >= 11 is 0. The number of hydrazone groups is 1. The molecule has 0 aliphatic heterocycles. The number of nitroso groups, excluding NO2 is 1. The van der Waals surface area contributed by atoms with E-state index in [2.05, 4.69) is 35.9 Å². The number of aromatic nitrogens is 2. The van der Waals surface area contributed by atoms with Crippen LogP contribution in [0, 0.1) is 18.8 Å². The van der Waals surface area contributed by atoms with E-state index in [4.69, 9.17) is 0 Å². The molecule has 2 aromatic carbocycles. The molecule has 0 amide bonds. The first-order valence-electron chi connectivity index (χ1n) is 8.41. The summed E-state index contributed by atoms with van der Waals surface area (Å²) in [6.07, 6.45) is 0. The molecule has 0 saturated carbocycles. The number of rotatable bonds is 3. The average Bonchev–Trinajstić information content (AvgIpc) is 3.20. The van der Waals surface area contributed by atoms with E-state index in [-0.39, 0.29) is 5.96 Å². The van der Waals surface area contributed by atoms with Gasteiger partial charge in [0.15, 0.2) is 5.82 Å². The maximum absolute atomic E-state index is 11.1. The van der Waals surface area contributed by atoms with Crippen molar-refractivity contribution in [2.24, 2.45) is 20.5 Å². The van der Waals surface area contributed by atoms with E-state index < -0.39 is 0 Å². The van der Waals surface area contributed by atoms with Gasteiger partial charge in [-0.05, 0) is 26.0 Å². The first-order valence-corrected chi connectivity index (χ1v) is 8.41. The third-order valence-corrected chi connectivity index (χ3v) is 4.49. The molecular weight excluding hydrogens is 342 g/mol. The lowest BCUT2D eigenvalue weighted by Gasteiger charge is -1.97. The number of aryl methyl sites for hydroxylation is 2. The van der Waals surface area contributed by atoms with Gasteiger partial charge < -0.3 is 9.97 Å². The second kappa shape index (κ2) is 6.83. The van der Waals surface area contributed by atoms with Crippen LogP contribution in [0.2, 0.25) is 0 Å². The number of hydrogen-bond donors (Lipinski definition) is 3. The van der Waals surface area contributed by atoms with Gasteiger partial charge in [0.25, 0.3) is 0 Å². The van der Waals surface area contributed by atoms with Gasteiger partial charge >= 0.3 is 5.96 Å². The predicted octanol–water partition coefficient (Wildman–Crippen LogP) is 5.50. The summed E-state index contributed by atoms with van der Waals surface area (Å²) in [5.74, 6) is 0.940. The molecule has 2 aromatic heterocycles. The van der Waals surface area contributed by atoms with Crippen LogP contribution in [0.25, 0.3) is 21.8 Å². The van der Waals surface area contributed by atoms with E-state index >= 15 is 0 Å². The van der Waals surface area contributed by atoms with Crippen LogP contribution in [0.1, 0.15) is 11.1 Å². The Morgan fingerprint density at radius 2 is 1.52 bits per heavy atom. The van der Waals surface area contributed by atoms with Gasteiger partial charge in [0, 0.05) is 38.1 Å². The summed E-state index contributed by atoms with van der Waals surface area (Å²) in [6, 6.07) is 15.7. The van der Waals surface area contributed by atoms with Crippen LogP contribution in [0.15, 0.2) is 69.0 Å². The Hall–Kier alpha value is -3.81. The fraction of sp³-hybridized carbons (Fsp3) is 0.105. The molecule has 2 heterocycles.